The van der Waals surface area contributed by atoms with Crippen molar-refractivity contribution in [3.05, 3.63) is 29.8 Å². The first-order valence-electron chi connectivity index (χ1n) is 6.52. The van der Waals surface area contributed by atoms with Crippen molar-refractivity contribution in [1.82, 2.24) is 4.31 Å². The average Bonchev–Trinajstić information content (AvgIpc) is 2.37. The summed E-state index contributed by atoms with van der Waals surface area (Å²) in [7, 11) is -3.84. The molecule has 1 saturated heterocycles. The molecule has 4 nitrogen and oxygen atoms in total. The van der Waals surface area contributed by atoms with Crippen molar-refractivity contribution in [3.8, 4) is 0 Å². The zero-order valence-corrected chi connectivity index (χ0v) is 13.3. The van der Waals surface area contributed by atoms with Crippen LogP contribution in [-0.4, -0.2) is 31.9 Å². The minimum atomic E-state index is -3.84. The Labute approximate surface area is 129 Å². The molecule has 0 aliphatic carbocycles. The van der Waals surface area contributed by atoms with Crippen LogP contribution in [0.25, 0.3) is 0 Å². The first-order chi connectivity index (χ1) is 9.30. The molecule has 0 aromatic heterocycles. The van der Waals surface area contributed by atoms with E-state index in [0.717, 1.165) is 12.1 Å². The molecule has 21 heavy (non-hydrogen) atoms. The highest BCUT2D eigenvalue weighted by Gasteiger charge is 2.31. The van der Waals surface area contributed by atoms with E-state index in [1.54, 1.807) is 0 Å². The van der Waals surface area contributed by atoms with Crippen LogP contribution >= 0.6 is 12.4 Å². The van der Waals surface area contributed by atoms with Gasteiger partial charge >= 0.3 is 0 Å². The van der Waals surface area contributed by atoms with E-state index in [4.69, 9.17) is 5.73 Å². The Morgan fingerprint density at radius 3 is 2.10 bits per heavy atom. The molecule has 8 heteroatoms. The molecule has 2 N–H and O–H groups in total. The largest absolute Gasteiger partial charge is 0.328 e. The SMILES string of the molecule is CC(N)C1CCN(S(=O)(=O)c2cc(F)cc(F)c2)CC1.Cl. The Kier molecular flexibility index (Phi) is 6.10. The molecule has 1 aromatic rings. The van der Waals surface area contributed by atoms with Gasteiger partial charge in [-0.3, -0.25) is 0 Å². The van der Waals surface area contributed by atoms with E-state index in [-0.39, 0.29) is 29.3 Å². The molecular weight excluding hydrogens is 322 g/mol. The maximum absolute atomic E-state index is 13.2. The van der Waals surface area contributed by atoms with Crippen LogP contribution in [0.4, 0.5) is 8.78 Å². The number of nitrogens with zero attached hydrogens (tertiary/aromatic N) is 1. The fourth-order valence-electron chi connectivity index (χ4n) is 2.47. The van der Waals surface area contributed by atoms with Gasteiger partial charge in [-0.1, -0.05) is 0 Å². The second kappa shape index (κ2) is 7.00. The van der Waals surface area contributed by atoms with Gasteiger partial charge in [-0.15, -0.1) is 12.4 Å². The lowest BCUT2D eigenvalue weighted by Gasteiger charge is -2.32. The fourth-order valence-corrected chi connectivity index (χ4v) is 3.98. The summed E-state index contributed by atoms with van der Waals surface area (Å²) >= 11 is 0. The summed E-state index contributed by atoms with van der Waals surface area (Å²) in [6, 6.07) is 2.36. The van der Waals surface area contributed by atoms with Crippen molar-refractivity contribution in [3.63, 3.8) is 0 Å². The minimum Gasteiger partial charge on any atom is -0.328 e. The van der Waals surface area contributed by atoms with Gasteiger partial charge in [-0.05, 0) is 37.8 Å². The molecule has 1 fully saturated rings. The lowest BCUT2D eigenvalue weighted by molar-refractivity contribution is 0.250. The van der Waals surface area contributed by atoms with E-state index in [1.807, 2.05) is 6.92 Å². The Morgan fingerprint density at radius 2 is 1.67 bits per heavy atom. The summed E-state index contributed by atoms with van der Waals surface area (Å²) in [6.07, 6.45) is 1.32. The second-order valence-electron chi connectivity index (χ2n) is 5.21. The number of nitrogens with two attached hydrogens (primary N) is 1. The topological polar surface area (TPSA) is 63.4 Å². The minimum absolute atomic E-state index is 0. The molecule has 120 valence electrons. The lowest BCUT2D eigenvalue weighted by atomic mass is 9.92. The summed E-state index contributed by atoms with van der Waals surface area (Å²) < 4.78 is 52.2. The number of hydrogen-bond donors (Lipinski definition) is 1. The van der Waals surface area contributed by atoms with Crippen LogP contribution in [0.1, 0.15) is 19.8 Å². The monoisotopic (exact) mass is 340 g/mol. The quantitative estimate of drug-likeness (QED) is 0.916. The predicted octanol–water partition coefficient (Wildman–Crippen LogP) is 2.13. The number of benzene rings is 1. The van der Waals surface area contributed by atoms with Crippen molar-refractivity contribution in [1.29, 1.82) is 0 Å². The number of halogens is 3. The normalized spacial score (nSPS) is 19.0. The number of rotatable bonds is 3. The number of piperidine rings is 1. The summed E-state index contributed by atoms with van der Waals surface area (Å²) in [5.74, 6) is -1.51. The molecule has 0 amide bonds. The van der Waals surface area contributed by atoms with Crippen LogP contribution in [0.2, 0.25) is 0 Å². The van der Waals surface area contributed by atoms with E-state index in [0.29, 0.717) is 32.0 Å². The number of hydrogen-bond acceptors (Lipinski definition) is 3. The van der Waals surface area contributed by atoms with E-state index >= 15 is 0 Å². The van der Waals surface area contributed by atoms with E-state index in [2.05, 4.69) is 0 Å². The lowest BCUT2D eigenvalue weighted by Crippen LogP contribution is -2.42. The third-order valence-corrected chi connectivity index (χ3v) is 5.59. The second-order valence-corrected chi connectivity index (χ2v) is 7.14. The summed E-state index contributed by atoms with van der Waals surface area (Å²) in [5, 5.41) is 0. The molecule has 0 spiro atoms. The van der Waals surface area contributed by atoms with Gasteiger partial charge in [0.2, 0.25) is 10.0 Å². The highest BCUT2D eigenvalue weighted by molar-refractivity contribution is 7.89. The smallest absolute Gasteiger partial charge is 0.243 e. The van der Waals surface area contributed by atoms with Gasteiger partial charge in [-0.2, -0.15) is 4.31 Å². The van der Waals surface area contributed by atoms with Gasteiger partial charge in [0.1, 0.15) is 11.6 Å². The Hall–Kier alpha value is -0.760. The van der Waals surface area contributed by atoms with Crippen LogP contribution in [0.15, 0.2) is 23.1 Å². The summed E-state index contributed by atoms with van der Waals surface area (Å²) in [4.78, 5) is -0.339. The highest BCUT2D eigenvalue weighted by Crippen LogP contribution is 2.25. The van der Waals surface area contributed by atoms with Crippen molar-refractivity contribution in [2.24, 2.45) is 11.7 Å². The first kappa shape index (κ1) is 18.3. The van der Waals surface area contributed by atoms with Crippen molar-refractivity contribution in [2.75, 3.05) is 13.1 Å². The van der Waals surface area contributed by atoms with E-state index in [9.17, 15) is 17.2 Å². The van der Waals surface area contributed by atoms with Crippen LogP contribution in [0.3, 0.4) is 0 Å². The highest BCUT2D eigenvalue weighted by atomic mass is 35.5. The fraction of sp³-hybridized carbons (Fsp3) is 0.538. The standard InChI is InChI=1S/C13H18F2N2O2S.ClH/c1-9(16)10-2-4-17(5-3-10)20(18,19)13-7-11(14)6-12(15)8-13;/h6-10H,2-5,16H2,1H3;1H. The zero-order chi connectivity index (χ0) is 14.9. The van der Waals surface area contributed by atoms with Crippen LogP contribution in [0, 0.1) is 17.6 Å². The predicted molar refractivity (Wildman–Crippen MR) is 78.7 cm³/mol. The van der Waals surface area contributed by atoms with Gasteiger partial charge in [0, 0.05) is 25.2 Å². The molecule has 1 aliphatic rings. The van der Waals surface area contributed by atoms with Crippen molar-refractivity contribution in [2.45, 2.75) is 30.7 Å². The molecule has 0 bridgehead atoms. The third kappa shape index (κ3) is 4.12. The van der Waals surface area contributed by atoms with Crippen molar-refractivity contribution < 1.29 is 17.2 Å². The molecule has 0 saturated carbocycles. The van der Waals surface area contributed by atoms with Gasteiger partial charge < -0.3 is 5.73 Å². The molecule has 1 aromatic carbocycles. The molecular formula is C13H19ClF2N2O2S. The maximum atomic E-state index is 13.2. The third-order valence-electron chi connectivity index (χ3n) is 3.72. The van der Waals surface area contributed by atoms with Crippen LogP contribution < -0.4 is 5.73 Å². The van der Waals surface area contributed by atoms with E-state index in [1.165, 1.54) is 4.31 Å². The van der Waals surface area contributed by atoms with E-state index < -0.39 is 21.7 Å². The Morgan fingerprint density at radius 1 is 1.19 bits per heavy atom. The molecule has 1 unspecified atom stereocenters. The molecule has 2 rings (SSSR count). The van der Waals surface area contributed by atoms with Crippen molar-refractivity contribution >= 4 is 22.4 Å². The van der Waals surface area contributed by atoms with Gasteiger partial charge in [0.15, 0.2) is 0 Å². The first-order valence-corrected chi connectivity index (χ1v) is 7.96. The van der Waals surface area contributed by atoms with Crippen LogP contribution in [-0.2, 0) is 10.0 Å². The molecule has 1 aliphatic heterocycles. The molecule has 1 heterocycles. The molecule has 0 radical (unpaired) electrons. The summed E-state index contributed by atoms with van der Waals surface area (Å²) in [6.45, 7) is 2.55. The Balaban J connectivity index is 0.00000220. The van der Waals surface area contributed by atoms with Crippen LogP contribution in [0.5, 0.6) is 0 Å². The average molecular weight is 341 g/mol. The number of sulfonamides is 1. The van der Waals surface area contributed by atoms with Gasteiger partial charge in [0.25, 0.3) is 0 Å². The van der Waals surface area contributed by atoms with Gasteiger partial charge in [0.05, 0.1) is 4.90 Å². The zero-order valence-electron chi connectivity index (χ0n) is 11.6. The maximum Gasteiger partial charge on any atom is 0.243 e. The Bertz CT molecular complexity index is 568. The van der Waals surface area contributed by atoms with Gasteiger partial charge in [-0.25, -0.2) is 17.2 Å². The molecule has 1 atom stereocenters. The summed E-state index contributed by atoms with van der Waals surface area (Å²) in [5.41, 5.74) is 5.81.